The predicted molar refractivity (Wildman–Crippen MR) is 166 cm³/mol. The standard InChI is InChI=1S/2C16H20N2O5/c1-16(2,3)11-9-10(7-8-12(11)17-14(19)20)5-4-6-13-18-23-15(21)22-13;1-16(2,22-14(17)19)10-12-8-6-11(7-9-12)4-3-5-13-18-23-15(20)21-13/h7-9,17H,4-6H2,1-3H3,(H,19,20);6-9H,3-5,10H2,1-2H3,(H2,17,19). The molecule has 0 saturated carbocycles. The minimum absolute atomic E-state index is 0.188. The van der Waals surface area contributed by atoms with Crippen LogP contribution in [0.3, 0.4) is 0 Å². The van der Waals surface area contributed by atoms with Crippen molar-refractivity contribution in [2.45, 2.75) is 90.6 Å². The Kier molecular flexibility index (Phi) is 12.1. The number of aromatic nitrogens is 2. The van der Waals surface area contributed by atoms with Gasteiger partial charge in [0, 0.05) is 24.9 Å². The van der Waals surface area contributed by atoms with E-state index in [4.69, 9.17) is 24.4 Å². The summed E-state index contributed by atoms with van der Waals surface area (Å²) >= 11 is 0. The highest BCUT2D eigenvalue weighted by molar-refractivity contribution is 5.84. The van der Waals surface area contributed by atoms with Gasteiger partial charge in [0.1, 0.15) is 5.60 Å². The Morgan fingerprint density at radius 3 is 1.76 bits per heavy atom. The molecule has 0 unspecified atom stereocenters. The first kappa shape index (κ1) is 35.3. The van der Waals surface area contributed by atoms with E-state index in [2.05, 4.69) is 24.7 Å². The van der Waals surface area contributed by atoms with Crippen LogP contribution in [0.4, 0.5) is 15.3 Å². The molecule has 2 heterocycles. The number of primary amides is 1. The molecule has 46 heavy (non-hydrogen) atoms. The summed E-state index contributed by atoms with van der Waals surface area (Å²) in [4.78, 5) is 43.2. The van der Waals surface area contributed by atoms with Crippen LogP contribution in [0.5, 0.6) is 0 Å². The third-order valence-electron chi connectivity index (χ3n) is 6.72. The highest BCUT2D eigenvalue weighted by Gasteiger charge is 2.22. The molecule has 2 aromatic carbocycles. The summed E-state index contributed by atoms with van der Waals surface area (Å²) in [6.45, 7) is 9.73. The van der Waals surface area contributed by atoms with E-state index in [1.54, 1.807) is 6.07 Å². The van der Waals surface area contributed by atoms with Gasteiger partial charge in [-0.05, 0) is 83.6 Å². The van der Waals surface area contributed by atoms with Crippen molar-refractivity contribution in [2.75, 3.05) is 5.32 Å². The zero-order chi connectivity index (χ0) is 33.9. The predicted octanol–water partition coefficient (Wildman–Crippen LogP) is 5.41. The Morgan fingerprint density at radius 2 is 1.30 bits per heavy atom. The van der Waals surface area contributed by atoms with Crippen molar-refractivity contribution in [1.82, 2.24) is 10.3 Å². The summed E-state index contributed by atoms with van der Waals surface area (Å²) in [5.74, 6) is -0.962. The number of amides is 2. The van der Waals surface area contributed by atoms with Crippen LogP contribution in [-0.4, -0.2) is 33.2 Å². The van der Waals surface area contributed by atoms with Gasteiger partial charge in [0.25, 0.3) is 0 Å². The average molecular weight is 641 g/mol. The van der Waals surface area contributed by atoms with Gasteiger partial charge in [0.2, 0.25) is 11.8 Å². The molecule has 14 heteroatoms. The highest BCUT2D eigenvalue weighted by Crippen LogP contribution is 2.31. The van der Waals surface area contributed by atoms with Crippen LogP contribution in [0.15, 0.2) is 69.9 Å². The Morgan fingerprint density at radius 1 is 0.804 bits per heavy atom. The molecule has 0 fully saturated rings. The van der Waals surface area contributed by atoms with Crippen molar-refractivity contribution < 1.29 is 37.3 Å². The van der Waals surface area contributed by atoms with Crippen molar-refractivity contribution in [3.63, 3.8) is 0 Å². The van der Waals surface area contributed by atoms with E-state index in [0.717, 1.165) is 47.9 Å². The number of anilines is 1. The average Bonchev–Trinajstić information content (AvgIpc) is 3.56. The van der Waals surface area contributed by atoms with E-state index in [0.29, 0.717) is 30.8 Å². The summed E-state index contributed by atoms with van der Waals surface area (Å²) in [5, 5.41) is 18.4. The Labute approximate surface area is 264 Å². The summed E-state index contributed by atoms with van der Waals surface area (Å²) in [6.07, 6.45) is 2.91. The molecule has 0 aliphatic carbocycles. The van der Waals surface area contributed by atoms with Crippen molar-refractivity contribution in [1.29, 1.82) is 0 Å². The van der Waals surface area contributed by atoms with Gasteiger partial charge in [-0.25, -0.2) is 19.2 Å². The van der Waals surface area contributed by atoms with Crippen LogP contribution in [0, 0.1) is 0 Å². The number of ether oxygens (including phenoxy) is 1. The minimum Gasteiger partial charge on any atom is -0.465 e. The largest absolute Gasteiger partial charge is 0.542 e. The number of carbonyl (C=O) groups excluding carboxylic acids is 1. The second kappa shape index (κ2) is 15.7. The number of carboxylic acid groups (broad SMARTS) is 1. The smallest absolute Gasteiger partial charge is 0.465 e. The first-order valence-corrected chi connectivity index (χ1v) is 14.7. The lowest BCUT2D eigenvalue weighted by molar-refractivity contribution is 0.0460. The SMILES string of the molecule is CC(C)(C)c1cc(CCCc2noc(=O)o2)ccc1NC(=O)O.CC(C)(Cc1ccc(CCCc2noc(=O)o2)cc1)OC(N)=O. The lowest BCUT2D eigenvalue weighted by Gasteiger charge is -2.24. The second-order valence-corrected chi connectivity index (χ2v) is 12.3. The van der Waals surface area contributed by atoms with Crippen molar-refractivity contribution >= 4 is 17.9 Å². The normalized spacial score (nSPS) is 11.4. The second-order valence-electron chi connectivity index (χ2n) is 12.3. The zero-order valence-electron chi connectivity index (χ0n) is 26.6. The molecule has 2 aromatic heterocycles. The molecule has 0 atom stereocenters. The fraction of sp³-hybridized carbons (Fsp3) is 0.438. The maximum absolute atomic E-state index is 10.9. The first-order chi connectivity index (χ1) is 21.6. The lowest BCUT2D eigenvalue weighted by atomic mass is 9.84. The number of aryl methyl sites for hydroxylation is 4. The first-order valence-electron chi connectivity index (χ1n) is 14.7. The van der Waals surface area contributed by atoms with Crippen molar-refractivity contribution in [3.05, 3.63) is 97.7 Å². The molecular weight excluding hydrogens is 600 g/mol. The van der Waals surface area contributed by atoms with Crippen molar-refractivity contribution in [2.24, 2.45) is 5.73 Å². The summed E-state index contributed by atoms with van der Waals surface area (Å²) in [6, 6.07) is 13.7. The molecule has 0 aliphatic heterocycles. The van der Waals surface area contributed by atoms with Gasteiger partial charge in [-0.3, -0.25) is 14.4 Å². The number of nitrogens with two attached hydrogens (primary N) is 1. The molecular formula is C32H40N4O10. The third-order valence-corrected chi connectivity index (χ3v) is 6.72. The van der Waals surface area contributed by atoms with Crippen LogP contribution in [-0.2, 0) is 42.3 Å². The molecule has 0 spiro atoms. The number of benzene rings is 2. The Bertz CT molecular complexity index is 1690. The van der Waals surface area contributed by atoms with Gasteiger partial charge in [-0.1, -0.05) is 57.2 Å². The molecule has 0 bridgehead atoms. The summed E-state index contributed by atoms with van der Waals surface area (Å²) in [5.41, 5.74) is 9.06. The fourth-order valence-electron chi connectivity index (χ4n) is 4.74. The molecule has 4 aromatic rings. The molecule has 4 N–H and O–H groups in total. The van der Waals surface area contributed by atoms with Gasteiger partial charge in [-0.15, -0.1) is 0 Å². The molecule has 2 amide bonds. The number of nitrogens with one attached hydrogen (secondary N) is 1. The maximum atomic E-state index is 10.9. The van der Waals surface area contributed by atoms with Gasteiger partial charge < -0.3 is 24.4 Å². The van der Waals surface area contributed by atoms with E-state index in [9.17, 15) is 19.2 Å². The minimum atomic E-state index is -1.08. The molecule has 4 rings (SSSR count). The Balaban J connectivity index is 0.000000250. The quantitative estimate of drug-likeness (QED) is 0.177. The van der Waals surface area contributed by atoms with Crippen LogP contribution in [0.25, 0.3) is 0 Å². The van der Waals surface area contributed by atoms with Crippen molar-refractivity contribution in [3.8, 4) is 0 Å². The van der Waals surface area contributed by atoms with Gasteiger partial charge in [0.05, 0.1) is 0 Å². The molecule has 0 radical (unpaired) electrons. The van der Waals surface area contributed by atoms with Gasteiger partial charge in [-0.2, -0.15) is 0 Å². The fourth-order valence-corrected chi connectivity index (χ4v) is 4.74. The van der Waals surface area contributed by atoms with E-state index in [-0.39, 0.29) is 11.3 Å². The van der Waals surface area contributed by atoms with Crippen LogP contribution >= 0.6 is 0 Å². The molecule has 14 nitrogen and oxygen atoms in total. The number of nitrogens with zero attached hydrogens (tertiary/aromatic N) is 2. The highest BCUT2D eigenvalue weighted by atomic mass is 16.6. The van der Waals surface area contributed by atoms with E-state index < -0.39 is 29.4 Å². The molecule has 0 saturated heterocycles. The number of rotatable bonds is 12. The van der Waals surface area contributed by atoms with Gasteiger partial charge >= 0.3 is 23.8 Å². The lowest BCUT2D eigenvalue weighted by Crippen LogP contribution is -2.33. The zero-order valence-corrected chi connectivity index (χ0v) is 26.6. The summed E-state index contributed by atoms with van der Waals surface area (Å²) in [7, 11) is 0. The monoisotopic (exact) mass is 640 g/mol. The topological polar surface area (TPSA) is 214 Å². The maximum Gasteiger partial charge on any atom is 0.542 e. The van der Waals surface area contributed by atoms with E-state index in [1.807, 2.05) is 71.0 Å². The number of hydrogen-bond acceptors (Lipinski definition) is 11. The Hall–Kier alpha value is -5.14. The molecule has 0 aliphatic rings. The van der Waals surface area contributed by atoms with Crippen LogP contribution < -0.4 is 22.7 Å². The van der Waals surface area contributed by atoms with E-state index >= 15 is 0 Å². The number of hydrogen-bond donors (Lipinski definition) is 3. The third kappa shape index (κ3) is 12.1. The summed E-state index contributed by atoms with van der Waals surface area (Å²) < 4.78 is 23.3. The van der Waals surface area contributed by atoms with Crippen LogP contribution in [0.1, 0.15) is 81.5 Å². The number of carbonyl (C=O) groups is 2. The molecule has 248 valence electrons. The van der Waals surface area contributed by atoms with Gasteiger partial charge in [0.15, 0.2) is 0 Å². The van der Waals surface area contributed by atoms with E-state index in [1.165, 1.54) is 0 Å². The van der Waals surface area contributed by atoms with Crippen LogP contribution in [0.2, 0.25) is 0 Å².